The summed E-state index contributed by atoms with van der Waals surface area (Å²) in [5, 5.41) is 9.49. The maximum absolute atomic E-state index is 12.4. The van der Waals surface area contributed by atoms with Gasteiger partial charge >= 0.3 is 0 Å². The Balaban J connectivity index is 0.000000837. The van der Waals surface area contributed by atoms with Gasteiger partial charge in [-0.05, 0) is 30.7 Å². The second-order valence-electron chi connectivity index (χ2n) is 6.43. The van der Waals surface area contributed by atoms with Crippen LogP contribution in [-0.4, -0.2) is 36.2 Å². The molecule has 1 unspecified atom stereocenters. The molecule has 0 radical (unpaired) electrons. The highest BCUT2D eigenvalue weighted by Gasteiger charge is 2.27. The molecule has 0 aliphatic carbocycles. The first-order valence-corrected chi connectivity index (χ1v) is 13.2. The molecule has 0 saturated carbocycles. The van der Waals surface area contributed by atoms with Gasteiger partial charge in [0.05, 0.1) is 25.9 Å². The molecular weight excluding hydrogens is 472 g/mol. The maximum Gasteiger partial charge on any atom is 0.240 e. The Hall–Kier alpha value is -2.62. The van der Waals surface area contributed by atoms with Crippen LogP contribution in [0.5, 0.6) is 0 Å². The van der Waals surface area contributed by atoms with E-state index in [0.717, 1.165) is 17.7 Å². The van der Waals surface area contributed by atoms with Crippen molar-refractivity contribution in [3.05, 3.63) is 35.9 Å². The van der Waals surface area contributed by atoms with Crippen molar-refractivity contribution in [2.24, 2.45) is 27.6 Å². The number of anilines is 1. The zero-order chi connectivity index (χ0) is 24.1. The van der Waals surface area contributed by atoms with Crippen molar-refractivity contribution in [1.29, 1.82) is 0 Å². The number of nitrogen functional groups attached to an aromatic ring is 1. The van der Waals surface area contributed by atoms with E-state index in [-0.39, 0.29) is 21.2 Å². The molecule has 2 aromatic carbocycles. The number of sulfonamides is 1. The summed E-state index contributed by atoms with van der Waals surface area (Å²) >= 11 is 1.28. The number of aromatic nitrogens is 1. The fraction of sp³-hybridized carbons (Fsp3) is 0.222. The van der Waals surface area contributed by atoms with Gasteiger partial charge in [-0.3, -0.25) is 4.21 Å². The topological polar surface area (TPSA) is 219 Å². The second kappa shape index (κ2) is 10.8. The van der Waals surface area contributed by atoms with Gasteiger partial charge in [-0.15, -0.1) is 5.10 Å². The molecule has 0 aliphatic rings. The summed E-state index contributed by atoms with van der Waals surface area (Å²) < 4.78 is 37.7. The van der Waals surface area contributed by atoms with E-state index in [2.05, 4.69) is 17.0 Å². The van der Waals surface area contributed by atoms with Crippen molar-refractivity contribution in [2.75, 3.05) is 18.5 Å². The van der Waals surface area contributed by atoms with Crippen LogP contribution < -0.4 is 33.7 Å². The Labute approximate surface area is 192 Å². The Bertz CT molecular complexity index is 1270. The highest BCUT2D eigenvalue weighted by molar-refractivity contribution is 7.90. The summed E-state index contributed by atoms with van der Waals surface area (Å²) in [6.07, 6.45) is 2.43. The minimum Gasteiger partial charge on any atom is -0.382 e. The predicted octanol–water partition coefficient (Wildman–Crippen LogP) is 0.369. The molecule has 11 nitrogen and oxygen atoms in total. The lowest BCUT2D eigenvalue weighted by molar-refractivity contribution is 0.595. The molecule has 1 heterocycles. The van der Waals surface area contributed by atoms with Crippen LogP contribution in [-0.2, 0) is 20.8 Å². The second-order valence-corrected chi connectivity index (χ2v) is 10.3. The quantitative estimate of drug-likeness (QED) is 0.119. The number of benzene rings is 2. The van der Waals surface area contributed by atoms with Crippen LogP contribution in [0.4, 0.5) is 5.13 Å². The third-order valence-corrected chi connectivity index (χ3v) is 7.10. The molecule has 3 rings (SSSR count). The van der Waals surface area contributed by atoms with Crippen molar-refractivity contribution in [3.63, 3.8) is 0 Å². The lowest BCUT2D eigenvalue weighted by atomic mass is 9.98. The zero-order valence-corrected chi connectivity index (χ0v) is 20.0. The average molecular weight is 499 g/mol. The average Bonchev–Trinajstić information content (AvgIpc) is 3.12. The SMILES string of the molecule is CCCN.CS(=O)c1ccc(-c2cccc3sc(N)nc23)c(/C(N)=N/NN)c1S(N)(=O)=O. The van der Waals surface area contributed by atoms with Crippen molar-refractivity contribution in [2.45, 2.75) is 23.1 Å². The standard InChI is InChI=1S/C15H17N7O3S3.C3H9N/c1-27(23)10-6-5-7(8-3-2-4-9-12(8)20-15(17)26-9)11(14(16)21-22-18)13(10)28(19,24)25;1-2-3-4/h2-6,22H,18H2,1H3,(H2,16,21)(H2,17,20)(H2,19,24,25);2-4H2,1H3. The summed E-state index contributed by atoms with van der Waals surface area (Å²) in [4.78, 5) is 3.93. The van der Waals surface area contributed by atoms with Crippen LogP contribution in [0.2, 0.25) is 0 Å². The Kier molecular flexibility index (Phi) is 8.65. The minimum absolute atomic E-state index is 0.00129. The number of primary sulfonamides is 1. The zero-order valence-electron chi connectivity index (χ0n) is 17.5. The maximum atomic E-state index is 12.4. The third kappa shape index (κ3) is 5.59. The summed E-state index contributed by atoms with van der Waals surface area (Å²) in [7, 11) is -5.98. The van der Waals surface area contributed by atoms with Gasteiger partial charge in [0.1, 0.15) is 4.90 Å². The van der Waals surface area contributed by atoms with Gasteiger partial charge < -0.3 is 17.2 Å². The summed E-state index contributed by atoms with van der Waals surface area (Å²) in [6, 6.07) is 8.35. The molecule has 0 spiro atoms. The molecule has 174 valence electrons. The molecule has 0 fully saturated rings. The van der Waals surface area contributed by atoms with E-state index in [9.17, 15) is 12.6 Å². The molecule has 32 heavy (non-hydrogen) atoms. The van der Waals surface area contributed by atoms with Gasteiger partial charge in [0.2, 0.25) is 10.0 Å². The fourth-order valence-corrected chi connectivity index (χ4v) is 5.79. The number of hydrogen-bond acceptors (Lipinski definition) is 10. The normalized spacial score (nSPS) is 12.8. The van der Waals surface area contributed by atoms with Gasteiger partial charge in [0.15, 0.2) is 11.0 Å². The van der Waals surface area contributed by atoms with Gasteiger partial charge in [0, 0.05) is 17.4 Å². The fourth-order valence-electron chi connectivity index (χ4n) is 2.86. The van der Waals surface area contributed by atoms with Gasteiger partial charge in [-0.2, -0.15) is 0 Å². The molecule has 0 aliphatic heterocycles. The number of thiazole rings is 1. The van der Waals surface area contributed by atoms with E-state index in [1.807, 2.05) is 11.6 Å². The summed E-state index contributed by atoms with van der Waals surface area (Å²) in [5.41, 5.74) is 20.4. The van der Waals surface area contributed by atoms with E-state index in [0.29, 0.717) is 21.8 Å². The number of hydrazine groups is 1. The molecular formula is C18H26N8O3S3. The van der Waals surface area contributed by atoms with Crippen LogP contribution in [0, 0.1) is 0 Å². The van der Waals surface area contributed by atoms with E-state index in [4.69, 9.17) is 28.2 Å². The molecule has 14 heteroatoms. The molecule has 1 atom stereocenters. The molecule has 0 bridgehead atoms. The summed E-state index contributed by atoms with van der Waals surface area (Å²) in [6.45, 7) is 2.88. The first-order chi connectivity index (χ1) is 15.1. The highest BCUT2D eigenvalue weighted by Crippen LogP contribution is 2.37. The number of hydrazone groups is 1. The minimum atomic E-state index is -4.32. The Morgan fingerprint density at radius 2 is 1.91 bits per heavy atom. The number of nitrogens with zero attached hydrogens (tertiary/aromatic N) is 2. The molecule has 3 aromatic rings. The number of nitrogens with two attached hydrogens (primary N) is 5. The Morgan fingerprint density at radius 3 is 2.44 bits per heavy atom. The van der Waals surface area contributed by atoms with E-state index >= 15 is 0 Å². The Morgan fingerprint density at radius 1 is 1.25 bits per heavy atom. The van der Waals surface area contributed by atoms with Crippen molar-refractivity contribution >= 4 is 53.3 Å². The number of amidine groups is 1. The smallest absolute Gasteiger partial charge is 0.240 e. The molecule has 11 N–H and O–H groups in total. The van der Waals surface area contributed by atoms with Gasteiger partial charge in [-0.1, -0.05) is 36.5 Å². The van der Waals surface area contributed by atoms with Gasteiger partial charge in [-0.25, -0.2) is 29.9 Å². The van der Waals surface area contributed by atoms with Crippen molar-refractivity contribution in [1.82, 2.24) is 10.5 Å². The third-order valence-electron chi connectivity index (χ3n) is 4.17. The molecule has 0 amide bonds. The van der Waals surface area contributed by atoms with Crippen LogP contribution in [0.1, 0.15) is 18.9 Å². The van der Waals surface area contributed by atoms with E-state index in [1.165, 1.54) is 23.7 Å². The number of nitrogens with one attached hydrogen (secondary N) is 1. The monoisotopic (exact) mass is 498 g/mol. The van der Waals surface area contributed by atoms with Crippen LogP contribution in [0.15, 0.2) is 45.2 Å². The summed E-state index contributed by atoms with van der Waals surface area (Å²) in [5.74, 6) is 4.98. The first-order valence-electron chi connectivity index (χ1n) is 9.24. The van der Waals surface area contributed by atoms with Crippen molar-refractivity contribution < 1.29 is 12.6 Å². The van der Waals surface area contributed by atoms with Gasteiger partial charge in [0.25, 0.3) is 0 Å². The number of hydrogen-bond donors (Lipinski definition) is 6. The largest absolute Gasteiger partial charge is 0.382 e. The van der Waals surface area contributed by atoms with Crippen LogP contribution >= 0.6 is 11.3 Å². The molecule has 1 aromatic heterocycles. The lowest BCUT2D eigenvalue weighted by Crippen LogP contribution is -2.28. The molecule has 0 saturated heterocycles. The van der Waals surface area contributed by atoms with Crippen molar-refractivity contribution in [3.8, 4) is 11.1 Å². The number of fused-ring (bicyclic) bond motifs is 1. The van der Waals surface area contributed by atoms with Crippen LogP contribution in [0.25, 0.3) is 21.3 Å². The van der Waals surface area contributed by atoms with Crippen LogP contribution in [0.3, 0.4) is 0 Å². The number of para-hydroxylation sites is 1. The predicted molar refractivity (Wildman–Crippen MR) is 131 cm³/mol. The first kappa shape index (κ1) is 25.6. The lowest BCUT2D eigenvalue weighted by Gasteiger charge is -2.16. The van der Waals surface area contributed by atoms with E-state index < -0.39 is 20.8 Å². The number of rotatable bonds is 6. The van der Waals surface area contributed by atoms with E-state index in [1.54, 1.807) is 18.2 Å². The highest BCUT2D eigenvalue weighted by atomic mass is 32.2.